The van der Waals surface area contributed by atoms with Gasteiger partial charge in [0.2, 0.25) is 0 Å². The van der Waals surface area contributed by atoms with Crippen LogP contribution in [0, 0.1) is 6.92 Å². The summed E-state index contributed by atoms with van der Waals surface area (Å²) in [5.74, 6) is -0.569. The first kappa shape index (κ1) is 13.5. The number of esters is 1. The highest BCUT2D eigenvalue weighted by atomic mass is 19.3. The molecule has 0 unspecified atom stereocenters. The van der Waals surface area contributed by atoms with Gasteiger partial charge in [-0.05, 0) is 18.6 Å². The van der Waals surface area contributed by atoms with E-state index in [1.807, 2.05) is 0 Å². The van der Waals surface area contributed by atoms with Gasteiger partial charge < -0.3 is 10.5 Å². The standard InChI is InChI=1S/C11H14F2N2O2/c1-6-3-7(4-9(16)17-2)10(11(12)13)8(5-14)15-6/h3,11H,4-5,14H2,1-2H3. The normalized spacial score (nSPS) is 10.7. The second-order valence-corrected chi connectivity index (χ2v) is 3.54. The van der Waals surface area contributed by atoms with Gasteiger partial charge in [0.1, 0.15) is 0 Å². The molecule has 1 aromatic rings. The van der Waals surface area contributed by atoms with Crippen molar-refractivity contribution in [2.24, 2.45) is 5.73 Å². The second-order valence-electron chi connectivity index (χ2n) is 3.54. The third-order valence-corrected chi connectivity index (χ3v) is 2.33. The van der Waals surface area contributed by atoms with E-state index in [1.54, 1.807) is 6.92 Å². The summed E-state index contributed by atoms with van der Waals surface area (Å²) in [5.41, 5.74) is 6.01. The molecule has 4 nitrogen and oxygen atoms in total. The van der Waals surface area contributed by atoms with Gasteiger partial charge in [-0.25, -0.2) is 8.78 Å². The van der Waals surface area contributed by atoms with E-state index in [0.717, 1.165) is 0 Å². The Bertz CT molecular complexity index is 422. The molecule has 1 rings (SSSR count). The van der Waals surface area contributed by atoms with E-state index in [-0.39, 0.29) is 29.8 Å². The molecule has 0 aliphatic carbocycles. The van der Waals surface area contributed by atoms with Crippen LogP contribution in [0.2, 0.25) is 0 Å². The van der Waals surface area contributed by atoms with Crippen molar-refractivity contribution < 1.29 is 18.3 Å². The quantitative estimate of drug-likeness (QED) is 0.815. The zero-order chi connectivity index (χ0) is 13.0. The summed E-state index contributed by atoms with van der Waals surface area (Å²) < 4.78 is 30.3. The van der Waals surface area contributed by atoms with Crippen LogP contribution in [0.1, 0.15) is 28.9 Å². The van der Waals surface area contributed by atoms with Crippen molar-refractivity contribution in [3.63, 3.8) is 0 Å². The van der Waals surface area contributed by atoms with Crippen LogP contribution in [0.4, 0.5) is 8.78 Å². The number of rotatable bonds is 4. The van der Waals surface area contributed by atoms with Gasteiger partial charge in [-0.3, -0.25) is 9.78 Å². The van der Waals surface area contributed by atoms with Gasteiger partial charge in [0, 0.05) is 17.8 Å². The fraction of sp³-hybridized carbons (Fsp3) is 0.455. The maximum Gasteiger partial charge on any atom is 0.309 e. The Morgan fingerprint density at radius 2 is 2.24 bits per heavy atom. The summed E-state index contributed by atoms with van der Waals surface area (Å²) in [6.45, 7) is 1.57. The molecule has 6 heteroatoms. The van der Waals surface area contributed by atoms with Gasteiger partial charge in [0.15, 0.2) is 0 Å². The number of methoxy groups -OCH3 is 1. The molecular formula is C11H14F2N2O2. The van der Waals surface area contributed by atoms with Gasteiger partial charge >= 0.3 is 5.97 Å². The first-order chi connectivity index (χ1) is 7.99. The molecule has 0 saturated heterocycles. The topological polar surface area (TPSA) is 65.2 Å². The molecule has 0 radical (unpaired) electrons. The molecule has 0 fully saturated rings. The van der Waals surface area contributed by atoms with Crippen molar-refractivity contribution in [1.82, 2.24) is 4.98 Å². The smallest absolute Gasteiger partial charge is 0.309 e. The predicted octanol–water partition coefficient (Wildman–Crippen LogP) is 1.50. The van der Waals surface area contributed by atoms with E-state index in [4.69, 9.17) is 5.73 Å². The lowest BCUT2D eigenvalue weighted by molar-refractivity contribution is -0.139. The van der Waals surface area contributed by atoms with E-state index in [2.05, 4.69) is 9.72 Å². The van der Waals surface area contributed by atoms with Gasteiger partial charge in [0.25, 0.3) is 6.43 Å². The van der Waals surface area contributed by atoms with Crippen molar-refractivity contribution in [2.75, 3.05) is 7.11 Å². The Labute approximate surface area is 97.8 Å². The number of nitrogens with zero attached hydrogens (tertiary/aromatic N) is 1. The molecule has 0 aliphatic heterocycles. The third-order valence-electron chi connectivity index (χ3n) is 2.33. The predicted molar refractivity (Wildman–Crippen MR) is 57.5 cm³/mol. The Morgan fingerprint density at radius 1 is 1.59 bits per heavy atom. The number of alkyl halides is 2. The van der Waals surface area contributed by atoms with Crippen LogP contribution in [-0.4, -0.2) is 18.1 Å². The molecule has 0 amide bonds. The highest BCUT2D eigenvalue weighted by Gasteiger charge is 2.20. The van der Waals surface area contributed by atoms with Gasteiger partial charge in [-0.15, -0.1) is 0 Å². The minimum absolute atomic E-state index is 0.0878. The number of pyridine rings is 1. The molecular weight excluding hydrogens is 230 g/mol. The molecule has 17 heavy (non-hydrogen) atoms. The van der Waals surface area contributed by atoms with Crippen molar-refractivity contribution in [1.29, 1.82) is 0 Å². The Morgan fingerprint density at radius 3 is 2.71 bits per heavy atom. The third kappa shape index (κ3) is 3.20. The number of ether oxygens (including phenoxy) is 1. The van der Waals surface area contributed by atoms with Crippen molar-refractivity contribution in [3.05, 3.63) is 28.6 Å². The van der Waals surface area contributed by atoms with Crippen LogP contribution < -0.4 is 5.73 Å². The molecule has 1 heterocycles. The number of nitrogens with two attached hydrogens (primary N) is 1. The van der Waals surface area contributed by atoms with E-state index in [1.165, 1.54) is 13.2 Å². The lowest BCUT2D eigenvalue weighted by Crippen LogP contribution is -2.13. The van der Waals surface area contributed by atoms with Crippen LogP contribution in [0.3, 0.4) is 0 Å². The first-order valence-electron chi connectivity index (χ1n) is 5.04. The summed E-state index contributed by atoms with van der Waals surface area (Å²) in [7, 11) is 1.21. The lowest BCUT2D eigenvalue weighted by atomic mass is 10.0. The molecule has 0 spiro atoms. The highest BCUT2D eigenvalue weighted by molar-refractivity contribution is 5.73. The summed E-state index contributed by atoms with van der Waals surface area (Å²) in [6, 6.07) is 1.46. The maximum atomic E-state index is 12.9. The summed E-state index contributed by atoms with van der Waals surface area (Å²) in [4.78, 5) is 15.1. The second kappa shape index (κ2) is 5.67. The Balaban J connectivity index is 3.25. The lowest BCUT2D eigenvalue weighted by Gasteiger charge is -2.13. The van der Waals surface area contributed by atoms with E-state index in [9.17, 15) is 13.6 Å². The van der Waals surface area contributed by atoms with Crippen molar-refractivity contribution in [3.8, 4) is 0 Å². The SMILES string of the molecule is COC(=O)Cc1cc(C)nc(CN)c1C(F)F. The van der Waals surface area contributed by atoms with Gasteiger partial charge in [0.05, 0.1) is 19.2 Å². The Kier molecular flexibility index (Phi) is 4.51. The Hall–Kier alpha value is -1.56. The molecule has 1 aromatic heterocycles. The molecule has 0 saturated carbocycles. The molecule has 94 valence electrons. The number of aromatic nitrogens is 1. The number of carbonyl (C=O) groups excluding carboxylic acids is 1. The average Bonchev–Trinajstić information content (AvgIpc) is 2.27. The van der Waals surface area contributed by atoms with Crippen LogP contribution >= 0.6 is 0 Å². The monoisotopic (exact) mass is 244 g/mol. The summed E-state index contributed by atoms with van der Waals surface area (Å²) >= 11 is 0. The molecule has 0 aromatic carbocycles. The van der Waals surface area contributed by atoms with Crippen LogP contribution in [0.15, 0.2) is 6.07 Å². The zero-order valence-electron chi connectivity index (χ0n) is 9.67. The van der Waals surface area contributed by atoms with Gasteiger partial charge in [-0.2, -0.15) is 0 Å². The number of hydrogen-bond acceptors (Lipinski definition) is 4. The highest BCUT2D eigenvalue weighted by Crippen LogP contribution is 2.27. The molecule has 2 N–H and O–H groups in total. The number of carbonyl (C=O) groups is 1. The van der Waals surface area contributed by atoms with E-state index < -0.39 is 12.4 Å². The van der Waals surface area contributed by atoms with E-state index >= 15 is 0 Å². The fourth-order valence-corrected chi connectivity index (χ4v) is 1.62. The first-order valence-corrected chi connectivity index (χ1v) is 5.04. The van der Waals surface area contributed by atoms with Gasteiger partial charge in [-0.1, -0.05) is 0 Å². The minimum Gasteiger partial charge on any atom is -0.469 e. The number of hydrogen-bond donors (Lipinski definition) is 1. The van der Waals surface area contributed by atoms with Crippen molar-refractivity contribution >= 4 is 5.97 Å². The molecule has 0 atom stereocenters. The summed E-state index contributed by atoms with van der Waals surface area (Å²) in [5, 5.41) is 0. The summed E-state index contributed by atoms with van der Waals surface area (Å²) in [6.07, 6.45) is -2.91. The average molecular weight is 244 g/mol. The minimum atomic E-state index is -2.71. The van der Waals surface area contributed by atoms with Crippen LogP contribution in [0.5, 0.6) is 0 Å². The van der Waals surface area contributed by atoms with Crippen LogP contribution in [-0.2, 0) is 22.5 Å². The molecule has 0 bridgehead atoms. The van der Waals surface area contributed by atoms with Crippen LogP contribution in [0.25, 0.3) is 0 Å². The fourth-order valence-electron chi connectivity index (χ4n) is 1.62. The molecule has 0 aliphatic rings. The number of halogens is 2. The zero-order valence-corrected chi connectivity index (χ0v) is 9.67. The van der Waals surface area contributed by atoms with Crippen molar-refractivity contribution in [2.45, 2.75) is 26.3 Å². The maximum absolute atomic E-state index is 12.9. The largest absolute Gasteiger partial charge is 0.469 e. The van der Waals surface area contributed by atoms with E-state index in [0.29, 0.717) is 5.69 Å². The number of aryl methyl sites for hydroxylation is 1.